The fraction of sp³-hybridized carbons (Fsp3) is 0.120. The van der Waals surface area contributed by atoms with Crippen molar-refractivity contribution in [2.45, 2.75) is 13.5 Å². The van der Waals surface area contributed by atoms with Crippen molar-refractivity contribution in [1.29, 1.82) is 0 Å². The lowest BCUT2D eigenvalue weighted by molar-refractivity contribution is 0.0951. The first kappa shape index (κ1) is 19.5. The van der Waals surface area contributed by atoms with Gasteiger partial charge in [0.05, 0.1) is 18.5 Å². The molecule has 30 heavy (non-hydrogen) atoms. The first-order chi connectivity index (χ1) is 14.6. The van der Waals surface area contributed by atoms with Crippen molar-refractivity contribution in [3.63, 3.8) is 0 Å². The summed E-state index contributed by atoms with van der Waals surface area (Å²) in [4.78, 5) is 12.5. The molecule has 0 bridgehead atoms. The van der Waals surface area contributed by atoms with Gasteiger partial charge in [0.2, 0.25) is 0 Å². The predicted molar refractivity (Wildman–Crippen MR) is 118 cm³/mol. The summed E-state index contributed by atoms with van der Waals surface area (Å²) < 4.78 is 5.28. The zero-order chi connectivity index (χ0) is 20.9. The van der Waals surface area contributed by atoms with Crippen molar-refractivity contribution in [2.24, 2.45) is 0 Å². The molecule has 0 aliphatic carbocycles. The molecule has 5 heteroatoms. The third kappa shape index (κ3) is 4.41. The molecule has 0 saturated heterocycles. The number of carbonyl (C=O) groups excluding carboxylic acids is 1. The third-order valence-corrected chi connectivity index (χ3v) is 4.94. The summed E-state index contributed by atoms with van der Waals surface area (Å²) in [5, 5.41) is 10.4. The largest absolute Gasteiger partial charge is 0.497 e. The van der Waals surface area contributed by atoms with Gasteiger partial charge in [0.1, 0.15) is 5.75 Å². The summed E-state index contributed by atoms with van der Waals surface area (Å²) in [6.07, 6.45) is 0. The maximum atomic E-state index is 12.5. The van der Waals surface area contributed by atoms with Gasteiger partial charge in [0, 0.05) is 17.7 Å². The zero-order valence-corrected chi connectivity index (χ0v) is 17.0. The van der Waals surface area contributed by atoms with Crippen LogP contribution >= 0.6 is 0 Å². The number of hydrogen-bond donors (Lipinski definition) is 2. The fourth-order valence-corrected chi connectivity index (χ4v) is 3.31. The average molecular weight is 397 g/mol. The molecule has 5 nitrogen and oxygen atoms in total. The molecular formula is C25H23N3O2. The number of aromatic amines is 1. The second kappa shape index (κ2) is 8.66. The lowest BCUT2D eigenvalue weighted by atomic mass is 10.1. The molecule has 0 aliphatic rings. The highest BCUT2D eigenvalue weighted by Gasteiger charge is 2.09. The molecular weight excluding hydrogens is 374 g/mol. The zero-order valence-electron chi connectivity index (χ0n) is 17.0. The van der Waals surface area contributed by atoms with E-state index in [2.05, 4.69) is 21.6 Å². The molecule has 0 unspecified atom stereocenters. The van der Waals surface area contributed by atoms with E-state index in [1.807, 2.05) is 79.7 Å². The van der Waals surface area contributed by atoms with Gasteiger partial charge in [-0.1, -0.05) is 54.1 Å². The van der Waals surface area contributed by atoms with Gasteiger partial charge in [-0.25, -0.2) is 0 Å². The standard InChI is InChI=1S/C25H23N3O2/c1-17-5-3-6-18(13-17)16-26-25(29)20-11-9-19(10-12-20)23-15-24(28-27-23)21-7-4-8-22(14-21)30-2/h3-15H,16H2,1-2H3,(H,26,29)(H,27,28). The van der Waals surface area contributed by atoms with Crippen LogP contribution in [0.5, 0.6) is 5.75 Å². The highest BCUT2D eigenvalue weighted by Crippen LogP contribution is 2.26. The van der Waals surface area contributed by atoms with Crippen LogP contribution in [0.3, 0.4) is 0 Å². The van der Waals surface area contributed by atoms with Crippen LogP contribution in [0.2, 0.25) is 0 Å². The van der Waals surface area contributed by atoms with E-state index < -0.39 is 0 Å². The Morgan fingerprint density at radius 3 is 2.53 bits per heavy atom. The molecule has 1 aromatic heterocycles. The highest BCUT2D eigenvalue weighted by atomic mass is 16.5. The second-order valence-corrected chi connectivity index (χ2v) is 7.15. The minimum Gasteiger partial charge on any atom is -0.497 e. The number of nitrogens with zero attached hydrogens (tertiary/aromatic N) is 1. The average Bonchev–Trinajstić information content (AvgIpc) is 3.28. The summed E-state index contributed by atoms with van der Waals surface area (Å²) in [7, 11) is 1.65. The van der Waals surface area contributed by atoms with Gasteiger partial charge in [0.25, 0.3) is 5.91 Å². The number of aromatic nitrogens is 2. The van der Waals surface area contributed by atoms with Crippen molar-refractivity contribution in [1.82, 2.24) is 15.5 Å². The Bertz CT molecular complexity index is 1160. The summed E-state index contributed by atoms with van der Waals surface area (Å²) in [6.45, 7) is 2.55. The number of amides is 1. The number of benzene rings is 3. The summed E-state index contributed by atoms with van der Waals surface area (Å²) >= 11 is 0. The Morgan fingerprint density at radius 1 is 0.967 bits per heavy atom. The molecule has 2 N–H and O–H groups in total. The normalized spacial score (nSPS) is 10.6. The van der Waals surface area contributed by atoms with Gasteiger partial charge in [0.15, 0.2) is 0 Å². The molecule has 0 fully saturated rings. The minimum atomic E-state index is -0.0928. The van der Waals surface area contributed by atoms with E-state index in [0.29, 0.717) is 12.1 Å². The monoisotopic (exact) mass is 397 g/mol. The van der Waals surface area contributed by atoms with Crippen LogP contribution < -0.4 is 10.1 Å². The minimum absolute atomic E-state index is 0.0928. The quantitative estimate of drug-likeness (QED) is 0.482. The molecule has 150 valence electrons. The molecule has 3 aromatic carbocycles. The number of aryl methyl sites for hydroxylation is 1. The van der Waals surface area contributed by atoms with Gasteiger partial charge in [-0.2, -0.15) is 5.10 Å². The summed E-state index contributed by atoms with van der Waals surface area (Å²) in [5.74, 6) is 0.697. The van der Waals surface area contributed by atoms with E-state index in [4.69, 9.17) is 4.74 Å². The van der Waals surface area contributed by atoms with Crippen LogP contribution in [0.15, 0.2) is 78.9 Å². The smallest absolute Gasteiger partial charge is 0.251 e. The first-order valence-corrected chi connectivity index (χ1v) is 9.76. The van der Waals surface area contributed by atoms with Gasteiger partial charge in [-0.3, -0.25) is 9.89 Å². The number of methoxy groups -OCH3 is 1. The van der Waals surface area contributed by atoms with Crippen LogP contribution in [-0.4, -0.2) is 23.2 Å². The molecule has 1 heterocycles. The van der Waals surface area contributed by atoms with Gasteiger partial charge in [-0.05, 0) is 48.4 Å². The van der Waals surface area contributed by atoms with Crippen molar-refractivity contribution in [2.75, 3.05) is 7.11 Å². The lowest BCUT2D eigenvalue weighted by Crippen LogP contribution is -2.22. The Morgan fingerprint density at radius 2 is 1.77 bits per heavy atom. The molecule has 4 rings (SSSR count). The van der Waals surface area contributed by atoms with E-state index in [9.17, 15) is 4.79 Å². The highest BCUT2D eigenvalue weighted by molar-refractivity contribution is 5.94. The predicted octanol–water partition coefficient (Wildman–Crippen LogP) is 4.99. The van der Waals surface area contributed by atoms with Crippen LogP contribution in [0, 0.1) is 6.92 Å². The van der Waals surface area contributed by atoms with Crippen molar-refractivity contribution in [3.8, 4) is 28.3 Å². The van der Waals surface area contributed by atoms with E-state index in [1.165, 1.54) is 5.56 Å². The maximum Gasteiger partial charge on any atom is 0.251 e. The van der Waals surface area contributed by atoms with Crippen LogP contribution in [0.1, 0.15) is 21.5 Å². The Labute approximate surface area is 175 Å². The summed E-state index contributed by atoms with van der Waals surface area (Å²) in [5.41, 5.74) is 6.56. The fourth-order valence-electron chi connectivity index (χ4n) is 3.31. The SMILES string of the molecule is COc1cccc(-c2cc(-c3ccc(C(=O)NCc4cccc(C)c4)cc3)[nH]n2)c1. The molecule has 0 aliphatic heterocycles. The Kier molecular flexibility index (Phi) is 5.61. The Balaban J connectivity index is 1.44. The number of H-pyrrole nitrogens is 1. The lowest BCUT2D eigenvalue weighted by Gasteiger charge is -2.07. The first-order valence-electron chi connectivity index (χ1n) is 9.76. The van der Waals surface area contributed by atoms with Crippen molar-refractivity contribution >= 4 is 5.91 Å². The van der Waals surface area contributed by atoms with Crippen LogP contribution in [-0.2, 0) is 6.54 Å². The Hall–Kier alpha value is -3.86. The summed E-state index contributed by atoms with van der Waals surface area (Å²) in [6, 6.07) is 25.4. The maximum absolute atomic E-state index is 12.5. The topological polar surface area (TPSA) is 67.0 Å². The molecule has 0 spiro atoms. The van der Waals surface area contributed by atoms with E-state index >= 15 is 0 Å². The number of carbonyl (C=O) groups is 1. The molecule has 0 saturated carbocycles. The molecule has 4 aromatic rings. The van der Waals surface area contributed by atoms with E-state index in [0.717, 1.165) is 33.8 Å². The van der Waals surface area contributed by atoms with Gasteiger partial charge in [-0.15, -0.1) is 0 Å². The molecule has 0 radical (unpaired) electrons. The van der Waals surface area contributed by atoms with Crippen molar-refractivity contribution < 1.29 is 9.53 Å². The number of hydrogen-bond acceptors (Lipinski definition) is 3. The number of nitrogens with one attached hydrogen (secondary N) is 2. The van der Waals surface area contributed by atoms with Crippen LogP contribution in [0.4, 0.5) is 0 Å². The number of rotatable bonds is 6. The molecule has 1 amide bonds. The van der Waals surface area contributed by atoms with E-state index in [-0.39, 0.29) is 5.91 Å². The van der Waals surface area contributed by atoms with E-state index in [1.54, 1.807) is 7.11 Å². The van der Waals surface area contributed by atoms with Crippen molar-refractivity contribution in [3.05, 3.63) is 95.6 Å². The second-order valence-electron chi connectivity index (χ2n) is 7.15. The number of ether oxygens (including phenoxy) is 1. The van der Waals surface area contributed by atoms with Crippen LogP contribution in [0.25, 0.3) is 22.5 Å². The van der Waals surface area contributed by atoms with Gasteiger partial charge < -0.3 is 10.1 Å². The third-order valence-electron chi connectivity index (χ3n) is 4.94. The van der Waals surface area contributed by atoms with Gasteiger partial charge >= 0.3 is 0 Å². The molecule has 0 atom stereocenters.